The predicted octanol–water partition coefficient (Wildman–Crippen LogP) is 4.62. The number of amides is 2. The Bertz CT molecular complexity index is 1120. The summed E-state index contributed by atoms with van der Waals surface area (Å²) in [7, 11) is 0. The average Bonchev–Trinajstić information content (AvgIpc) is 3.18. The van der Waals surface area contributed by atoms with E-state index in [4.69, 9.17) is 11.6 Å². The van der Waals surface area contributed by atoms with E-state index in [9.17, 15) is 14.0 Å². The molecule has 0 aliphatic rings. The van der Waals surface area contributed by atoms with Crippen LogP contribution in [0.3, 0.4) is 0 Å². The van der Waals surface area contributed by atoms with Crippen molar-refractivity contribution in [3.63, 3.8) is 0 Å². The molecule has 2 amide bonds. The lowest BCUT2D eigenvalue weighted by molar-refractivity contribution is -0.113. The molecule has 32 heavy (non-hydrogen) atoms. The van der Waals surface area contributed by atoms with E-state index in [0.29, 0.717) is 33.8 Å². The van der Waals surface area contributed by atoms with Gasteiger partial charge < -0.3 is 15.2 Å². The maximum Gasteiger partial charge on any atom is 0.251 e. The van der Waals surface area contributed by atoms with Crippen molar-refractivity contribution >= 4 is 40.9 Å². The summed E-state index contributed by atoms with van der Waals surface area (Å²) in [6, 6.07) is 10.4. The summed E-state index contributed by atoms with van der Waals surface area (Å²) in [4.78, 5) is 24.8. The molecule has 3 aromatic rings. The van der Waals surface area contributed by atoms with Gasteiger partial charge in [0.05, 0.1) is 11.8 Å². The summed E-state index contributed by atoms with van der Waals surface area (Å²) in [5, 5.41) is 15.1. The fourth-order valence-electron chi connectivity index (χ4n) is 3.02. The van der Waals surface area contributed by atoms with E-state index in [1.165, 1.54) is 23.9 Å². The first kappa shape index (κ1) is 23.7. The SMILES string of the molecule is CCn1c(SCC(=O)Nc2cc(F)ccc2C)nnc1[C@H](C)NC(=O)c1ccc(Cl)cc1. The Balaban J connectivity index is 1.63. The minimum absolute atomic E-state index is 0.0829. The van der Waals surface area contributed by atoms with Crippen LogP contribution in [0, 0.1) is 12.7 Å². The molecule has 2 aromatic carbocycles. The molecule has 0 spiro atoms. The zero-order chi connectivity index (χ0) is 23.3. The summed E-state index contributed by atoms with van der Waals surface area (Å²) >= 11 is 7.09. The van der Waals surface area contributed by atoms with Crippen molar-refractivity contribution in [1.29, 1.82) is 0 Å². The Labute approximate surface area is 194 Å². The van der Waals surface area contributed by atoms with Crippen LogP contribution in [0.25, 0.3) is 0 Å². The van der Waals surface area contributed by atoms with Gasteiger partial charge in [-0.1, -0.05) is 29.4 Å². The van der Waals surface area contributed by atoms with Gasteiger partial charge in [0.15, 0.2) is 11.0 Å². The van der Waals surface area contributed by atoms with Crippen molar-refractivity contribution in [2.45, 2.75) is 38.5 Å². The fraction of sp³-hybridized carbons (Fsp3) is 0.273. The Hall–Kier alpha value is -2.91. The van der Waals surface area contributed by atoms with Crippen LogP contribution in [0.15, 0.2) is 47.6 Å². The monoisotopic (exact) mass is 475 g/mol. The number of thioether (sulfide) groups is 1. The first-order valence-electron chi connectivity index (χ1n) is 9.96. The summed E-state index contributed by atoms with van der Waals surface area (Å²) in [6.07, 6.45) is 0. The number of aryl methyl sites for hydroxylation is 1. The van der Waals surface area contributed by atoms with Gasteiger partial charge in [-0.25, -0.2) is 4.39 Å². The van der Waals surface area contributed by atoms with Crippen LogP contribution < -0.4 is 10.6 Å². The third-order valence-electron chi connectivity index (χ3n) is 4.71. The molecule has 0 fully saturated rings. The normalized spacial score (nSPS) is 11.8. The highest BCUT2D eigenvalue weighted by Gasteiger charge is 2.20. The summed E-state index contributed by atoms with van der Waals surface area (Å²) < 4.78 is 15.3. The second-order valence-electron chi connectivity index (χ2n) is 7.08. The number of anilines is 1. The first-order valence-corrected chi connectivity index (χ1v) is 11.3. The molecule has 1 atom stereocenters. The lowest BCUT2D eigenvalue weighted by Crippen LogP contribution is -2.28. The number of carbonyl (C=O) groups excluding carboxylic acids is 2. The predicted molar refractivity (Wildman–Crippen MR) is 124 cm³/mol. The fourth-order valence-corrected chi connectivity index (χ4v) is 3.95. The quantitative estimate of drug-likeness (QED) is 0.464. The molecule has 0 saturated carbocycles. The molecule has 0 radical (unpaired) electrons. The van der Waals surface area contributed by atoms with Gasteiger partial charge in [-0.05, 0) is 62.7 Å². The number of hydrogen-bond acceptors (Lipinski definition) is 5. The minimum Gasteiger partial charge on any atom is -0.342 e. The van der Waals surface area contributed by atoms with E-state index >= 15 is 0 Å². The molecular weight excluding hydrogens is 453 g/mol. The molecule has 0 aliphatic heterocycles. The van der Waals surface area contributed by atoms with Gasteiger partial charge in [-0.15, -0.1) is 10.2 Å². The number of halogens is 2. The first-order chi connectivity index (χ1) is 15.3. The van der Waals surface area contributed by atoms with Gasteiger partial charge in [-0.3, -0.25) is 9.59 Å². The lowest BCUT2D eigenvalue weighted by Gasteiger charge is -2.15. The third-order valence-corrected chi connectivity index (χ3v) is 5.93. The number of nitrogens with one attached hydrogen (secondary N) is 2. The number of nitrogens with zero attached hydrogens (tertiary/aromatic N) is 3. The van der Waals surface area contributed by atoms with Gasteiger partial charge in [0.2, 0.25) is 5.91 Å². The third kappa shape index (κ3) is 5.86. The number of rotatable bonds is 8. The standard InChI is InChI=1S/C22H23ClFN5O2S/c1-4-29-20(14(3)25-21(31)15-6-8-16(23)9-7-15)27-28-22(29)32-12-19(30)26-18-11-17(24)10-5-13(18)2/h5-11,14H,4,12H2,1-3H3,(H,25,31)(H,26,30)/t14-/m0/s1. The molecule has 1 aromatic heterocycles. The average molecular weight is 476 g/mol. The number of carbonyl (C=O) groups is 2. The molecule has 0 unspecified atom stereocenters. The van der Waals surface area contributed by atoms with E-state index < -0.39 is 11.9 Å². The molecule has 168 valence electrons. The van der Waals surface area contributed by atoms with Gasteiger partial charge in [-0.2, -0.15) is 0 Å². The molecule has 0 saturated heterocycles. The van der Waals surface area contributed by atoms with E-state index in [0.717, 1.165) is 5.56 Å². The highest BCUT2D eigenvalue weighted by molar-refractivity contribution is 7.99. The number of benzene rings is 2. The molecule has 2 N–H and O–H groups in total. The summed E-state index contributed by atoms with van der Waals surface area (Å²) in [6.45, 7) is 6.11. The van der Waals surface area contributed by atoms with E-state index in [-0.39, 0.29) is 17.6 Å². The molecule has 0 bridgehead atoms. The van der Waals surface area contributed by atoms with Gasteiger partial charge in [0, 0.05) is 22.8 Å². The van der Waals surface area contributed by atoms with Gasteiger partial charge in [0.25, 0.3) is 5.91 Å². The second kappa shape index (κ2) is 10.6. The maximum atomic E-state index is 13.4. The van der Waals surface area contributed by atoms with Crippen molar-refractivity contribution in [2.75, 3.05) is 11.1 Å². The Kier molecular flexibility index (Phi) is 7.87. The van der Waals surface area contributed by atoms with Crippen molar-refractivity contribution in [2.24, 2.45) is 0 Å². The second-order valence-corrected chi connectivity index (χ2v) is 8.46. The van der Waals surface area contributed by atoms with Crippen LogP contribution in [-0.4, -0.2) is 32.3 Å². The Morgan fingerprint density at radius 3 is 2.59 bits per heavy atom. The molecule has 10 heteroatoms. The molecule has 0 aliphatic carbocycles. The van der Waals surface area contributed by atoms with Crippen molar-refractivity contribution in [3.05, 3.63) is 70.3 Å². The topological polar surface area (TPSA) is 88.9 Å². The Morgan fingerprint density at radius 2 is 1.91 bits per heavy atom. The van der Waals surface area contributed by atoms with Crippen LogP contribution in [0.2, 0.25) is 5.02 Å². The highest BCUT2D eigenvalue weighted by atomic mass is 35.5. The van der Waals surface area contributed by atoms with Crippen LogP contribution in [0.1, 0.15) is 41.6 Å². The molecular formula is C22H23ClFN5O2S. The maximum absolute atomic E-state index is 13.4. The van der Waals surface area contributed by atoms with E-state index in [1.807, 2.05) is 18.4 Å². The van der Waals surface area contributed by atoms with Crippen LogP contribution in [0.4, 0.5) is 10.1 Å². The smallest absolute Gasteiger partial charge is 0.251 e. The zero-order valence-electron chi connectivity index (χ0n) is 17.9. The van der Waals surface area contributed by atoms with Crippen LogP contribution in [0.5, 0.6) is 0 Å². The van der Waals surface area contributed by atoms with E-state index in [2.05, 4.69) is 20.8 Å². The largest absolute Gasteiger partial charge is 0.342 e. The van der Waals surface area contributed by atoms with Crippen LogP contribution in [-0.2, 0) is 11.3 Å². The molecule has 7 nitrogen and oxygen atoms in total. The van der Waals surface area contributed by atoms with E-state index in [1.54, 1.807) is 37.3 Å². The van der Waals surface area contributed by atoms with Crippen LogP contribution >= 0.6 is 23.4 Å². The number of aromatic nitrogens is 3. The highest BCUT2D eigenvalue weighted by Crippen LogP contribution is 2.22. The Morgan fingerprint density at radius 1 is 1.19 bits per heavy atom. The van der Waals surface area contributed by atoms with Crippen molar-refractivity contribution in [1.82, 2.24) is 20.1 Å². The summed E-state index contributed by atoms with van der Waals surface area (Å²) in [5.41, 5.74) is 1.70. The van der Waals surface area contributed by atoms with Gasteiger partial charge >= 0.3 is 0 Å². The van der Waals surface area contributed by atoms with Crippen molar-refractivity contribution < 1.29 is 14.0 Å². The summed E-state index contributed by atoms with van der Waals surface area (Å²) in [5.74, 6) is -0.277. The van der Waals surface area contributed by atoms with Crippen molar-refractivity contribution in [3.8, 4) is 0 Å². The number of hydrogen-bond donors (Lipinski definition) is 2. The lowest BCUT2D eigenvalue weighted by atomic mass is 10.2. The van der Waals surface area contributed by atoms with Gasteiger partial charge in [0.1, 0.15) is 5.82 Å². The molecule has 3 rings (SSSR count). The molecule has 1 heterocycles. The zero-order valence-corrected chi connectivity index (χ0v) is 19.4. The minimum atomic E-state index is -0.413.